The summed E-state index contributed by atoms with van der Waals surface area (Å²) < 4.78 is 19.3. The third kappa shape index (κ3) is 7.85. The van der Waals surface area contributed by atoms with Gasteiger partial charge in [-0.1, -0.05) is 36.7 Å². The van der Waals surface area contributed by atoms with Gasteiger partial charge in [0.25, 0.3) is 0 Å². The zero-order chi connectivity index (χ0) is 37.1. The highest BCUT2D eigenvalue weighted by atomic mass is 35.5. The number of anilines is 1. The van der Waals surface area contributed by atoms with Crippen molar-refractivity contribution in [3.05, 3.63) is 98.7 Å². The number of aromatic nitrogens is 3. The van der Waals surface area contributed by atoms with Crippen LogP contribution < -0.4 is 10.2 Å². The number of piperazine rings is 1. The van der Waals surface area contributed by atoms with Gasteiger partial charge in [-0.25, -0.2) is 23.9 Å². The number of hydrogen-bond acceptors (Lipinski definition) is 11. The van der Waals surface area contributed by atoms with Crippen LogP contribution in [0.1, 0.15) is 35.8 Å². The molecule has 2 amide bonds. The van der Waals surface area contributed by atoms with Gasteiger partial charge < -0.3 is 25.0 Å². The number of nitrogens with zero attached hydrogens (tertiary/aromatic N) is 7. The third-order valence-electron chi connectivity index (χ3n) is 9.69. The first-order valence-corrected chi connectivity index (χ1v) is 18.8. The van der Waals surface area contributed by atoms with Gasteiger partial charge in [0.2, 0.25) is 0 Å². The zero-order valence-electron chi connectivity index (χ0n) is 29.5. The van der Waals surface area contributed by atoms with E-state index in [9.17, 15) is 19.1 Å². The molecule has 0 saturated carbocycles. The fourth-order valence-corrected chi connectivity index (χ4v) is 8.03. The molecule has 2 aromatic heterocycles. The molecular formula is C37H41ClFN9O4S. The summed E-state index contributed by atoms with van der Waals surface area (Å²) in [5.41, 5.74) is 3.99. The molecule has 278 valence electrons. The number of aromatic amines is 1. The van der Waals surface area contributed by atoms with E-state index in [1.54, 1.807) is 6.20 Å². The molecule has 3 aliphatic rings. The number of nitrogens with one attached hydrogen (secondary N) is 2. The molecule has 13 nitrogen and oxygen atoms in total. The molecule has 53 heavy (non-hydrogen) atoms. The number of carbonyl (C=O) groups is 2. The highest BCUT2D eigenvalue weighted by Crippen LogP contribution is 2.37. The number of thiazole rings is 1. The normalized spacial score (nSPS) is 19.1. The number of ether oxygens (including phenoxy) is 1. The smallest absolute Gasteiger partial charge is 0.338 e. The summed E-state index contributed by atoms with van der Waals surface area (Å²) in [5, 5.41) is 15.4. The van der Waals surface area contributed by atoms with E-state index < -0.39 is 17.8 Å². The number of fused-ring (bicyclic) bond motifs is 1. The van der Waals surface area contributed by atoms with Gasteiger partial charge in [-0.15, -0.1) is 11.3 Å². The van der Waals surface area contributed by atoms with E-state index in [2.05, 4.69) is 37.0 Å². The quantitative estimate of drug-likeness (QED) is 0.166. The zero-order valence-corrected chi connectivity index (χ0v) is 31.0. The number of halogens is 2. The molecule has 0 unspecified atom stereocenters. The van der Waals surface area contributed by atoms with Gasteiger partial charge >= 0.3 is 12.0 Å². The SMILES string of the molecule is CCCN(CCO)Cc1ncc(-c2ccc(N3C[C@@H]4CN(CC5=C(C(=O)OC)[C@H](c6ccc(F)cc6Cl)N=C(c6nccs6)N5)CCN4C3=O)cc2)[nH]1. The van der Waals surface area contributed by atoms with Crippen LogP contribution >= 0.6 is 22.9 Å². The second-order valence-corrected chi connectivity index (χ2v) is 14.5. The number of urea groups is 1. The van der Waals surface area contributed by atoms with Crippen LogP contribution in [0.5, 0.6) is 0 Å². The summed E-state index contributed by atoms with van der Waals surface area (Å²) in [6.07, 6.45) is 4.48. The standard InChI is InChI=1S/C37H41ClFN9O4S/c1-3-11-45(14-15-49)22-31-41-18-29(42-31)23-4-7-25(8-5-23)48-20-26-19-46(12-13-47(26)37(48)51)21-30-32(36(50)52-2)33(27-9-6-24(39)17-28(27)38)44-34(43-30)35-40-10-16-53-35/h4-10,16-18,26,33,49H,3,11-15,19-22H2,1-2H3,(H,41,42)(H,43,44)/t26-,33-/m0/s1. The van der Waals surface area contributed by atoms with E-state index in [4.69, 9.17) is 21.3 Å². The van der Waals surface area contributed by atoms with Crippen molar-refractivity contribution in [1.29, 1.82) is 0 Å². The van der Waals surface area contributed by atoms with Gasteiger partial charge in [-0.05, 0) is 42.8 Å². The van der Waals surface area contributed by atoms with Crippen molar-refractivity contribution in [3.63, 3.8) is 0 Å². The molecule has 2 saturated heterocycles. The Morgan fingerprint density at radius 1 is 1.15 bits per heavy atom. The average Bonchev–Trinajstić information content (AvgIpc) is 3.93. The number of aliphatic hydroxyl groups is 1. The number of carbonyl (C=O) groups excluding carboxylic acids is 2. The number of imidazole rings is 1. The summed E-state index contributed by atoms with van der Waals surface area (Å²) in [7, 11) is 1.31. The second kappa shape index (κ2) is 16.1. The summed E-state index contributed by atoms with van der Waals surface area (Å²) in [6.45, 7) is 6.85. The van der Waals surface area contributed by atoms with Crippen LogP contribution in [0.3, 0.4) is 0 Å². The van der Waals surface area contributed by atoms with Crippen molar-refractivity contribution in [2.24, 2.45) is 4.99 Å². The Balaban J connectivity index is 1.07. The largest absolute Gasteiger partial charge is 0.466 e. The maximum atomic E-state index is 14.1. The third-order valence-corrected chi connectivity index (χ3v) is 10.8. The van der Waals surface area contributed by atoms with Crippen molar-refractivity contribution < 1.29 is 23.8 Å². The number of aliphatic hydroxyl groups excluding tert-OH is 1. The number of rotatable bonds is 13. The molecule has 0 radical (unpaired) electrons. The Hall–Kier alpha value is -4.67. The molecule has 5 heterocycles. The number of benzene rings is 2. The van der Waals surface area contributed by atoms with Crippen molar-refractivity contribution in [2.45, 2.75) is 32.0 Å². The molecule has 0 aliphatic carbocycles. The maximum Gasteiger partial charge on any atom is 0.338 e. The Kier molecular flexibility index (Phi) is 11.2. The average molecular weight is 762 g/mol. The lowest BCUT2D eigenvalue weighted by Gasteiger charge is -2.38. The summed E-state index contributed by atoms with van der Waals surface area (Å²) in [5.74, 6) is 0.243. The number of methoxy groups -OCH3 is 1. The van der Waals surface area contributed by atoms with Crippen LogP contribution in [0.4, 0.5) is 14.9 Å². The molecule has 7 rings (SSSR count). The highest BCUT2D eigenvalue weighted by Gasteiger charge is 2.42. The van der Waals surface area contributed by atoms with E-state index >= 15 is 0 Å². The first kappa shape index (κ1) is 36.7. The minimum absolute atomic E-state index is 0.0411. The molecule has 4 aromatic rings. The van der Waals surface area contributed by atoms with Crippen LogP contribution in [0.15, 0.2) is 76.5 Å². The lowest BCUT2D eigenvalue weighted by Crippen LogP contribution is -2.53. The monoisotopic (exact) mass is 761 g/mol. The van der Waals surface area contributed by atoms with Gasteiger partial charge in [0, 0.05) is 72.8 Å². The van der Waals surface area contributed by atoms with Crippen molar-refractivity contribution in [3.8, 4) is 11.3 Å². The fraction of sp³-hybridized carbons (Fsp3) is 0.378. The Labute approximate surface area is 315 Å². The van der Waals surface area contributed by atoms with Gasteiger partial charge in [0.05, 0.1) is 43.8 Å². The minimum atomic E-state index is -0.853. The van der Waals surface area contributed by atoms with Crippen LogP contribution in [-0.4, -0.2) is 118 Å². The molecule has 3 N–H and O–H groups in total. The molecule has 2 aromatic carbocycles. The van der Waals surface area contributed by atoms with Gasteiger partial charge in [-0.3, -0.25) is 19.7 Å². The van der Waals surface area contributed by atoms with E-state index in [1.807, 2.05) is 45.6 Å². The number of aliphatic imine (C=N–C) groups is 1. The van der Waals surface area contributed by atoms with E-state index in [1.165, 1.54) is 36.6 Å². The number of amides is 2. The Morgan fingerprint density at radius 3 is 2.70 bits per heavy atom. The predicted octanol–water partition coefficient (Wildman–Crippen LogP) is 4.67. The first-order chi connectivity index (χ1) is 25.8. The van der Waals surface area contributed by atoms with E-state index in [-0.39, 0.29) is 29.3 Å². The number of hydrogen-bond donors (Lipinski definition) is 3. The predicted molar refractivity (Wildman–Crippen MR) is 201 cm³/mol. The van der Waals surface area contributed by atoms with Gasteiger partial charge in [-0.2, -0.15) is 0 Å². The van der Waals surface area contributed by atoms with Crippen LogP contribution in [0.25, 0.3) is 11.3 Å². The molecule has 2 fully saturated rings. The summed E-state index contributed by atoms with van der Waals surface area (Å²) in [4.78, 5) is 52.4. The second-order valence-electron chi connectivity index (χ2n) is 13.2. The molecule has 3 aliphatic heterocycles. The lowest BCUT2D eigenvalue weighted by atomic mass is 9.95. The Bertz CT molecular complexity index is 2000. The van der Waals surface area contributed by atoms with Crippen molar-refractivity contribution in [2.75, 3.05) is 64.4 Å². The Morgan fingerprint density at radius 2 is 1.98 bits per heavy atom. The molecule has 2 atom stereocenters. The van der Waals surface area contributed by atoms with E-state index in [0.717, 1.165) is 35.7 Å². The maximum absolute atomic E-state index is 14.1. The fourth-order valence-electron chi connectivity index (χ4n) is 7.17. The van der Waals surface area contributed by atoms with Gasteiger partial charge in [0.15, 0.2) is 10.8 Å². The lowest BCUT2D eigenvalue weighted by molar-refractivity contribution is -0.136. The van der Waals surface area contributed by atoms with Crippen molar-refractivity contribution in [1.82, 2.24) is 35.0 Å². The summed E-state index contributed by atoms with van der Waals surface area (Å²) in [6, 6.07) is 11.0. The topological polar surface area (TPSA) is 143 Å². The van der Waals surface area contributed by atoms with Crippen LogP contribution in [0, 0.1) is 5.82 Å². The first-order valence-electron chi connectivity index (χ1n) is 17.5. The van der Waals surface area contributed by atoms with E-state index in [0.29, 0.717) is 67.9 Å². The molecule has 0 spiro atoms. The number of esters is 1. The molecule has 16 heteroatoms. The van der Waals surface area contributed by atoms with Gasteiger partial charge in [0.1, 0.15) is 17.7 Å². The molecule has 0 bridgehead atoms. The summed E-state index contributed by atoms with van der Waals surface area (Å²) >= 11 is 7.92. The molecular weight excluding hydrogens is 721 g/mol. The minimum Gasteiger partial charge on any atom is -0.466 e. The van der Waals surface area contributed by atoms with Crippen LogP contribution in [-0.2, 0) is 16.1 Å². The number of H-pyrrole nitrogens is 1. The van der Waals surface area contributed by atoms with Crippen LogP contribution in [0.2, 0.25) is 5.02 Å². The highest BCUT2D eigenvalue weighted by molar-refractivity contribution is 7.11. The number of amidine groups is 1. The van der Waals surface area contributed by atoms with Crippen molar-refractivity contribution >= 4 is 46.5 Å².